The van der Waals surface area contributed by atoms with Gasteiger partial charge in [0.1, 0.15) is 5.82 Å². The predicted octanol–water partition coefficient (Wildman–Crippen LogP) is 6.24. The second-order valence-electron chi connectivity index (χ2n) is 5.94. The molecule has 9 heteroatoms. The standard InChI is InChI=1S/C18H14F8O/c1-10-7-12(9-27-2)15(11-3-5-13(19)6-4-11)14(8-10)16(20,17(21,22)23)18(24,25)26/h3-8H,9H2,1-2H3. The molecule has 2 aromatic carbocycles. The highest BCUT2D eigenvalue weighted by atomic mass is 19.4. The summed E-state index contributed by atoms with van der Waals surface area (Å²) < 4.78 is 113. The highest BCUT2D eigenvalue weighted by Gasteiger charge is 2.74. The van der Waals surface area contributed by atoms with Gasteiger partial charge in [0, 0.05) is 12.7 Å². The molecule has 27 heavy (non-hydrogen) atoms. The molecule has 0 fully saturated rings. The van der Waals surface area contributed by atoms with E-state index in [0.29, 0.717) is 6.07 Å². The largest absolute Gasteiger partial charge is 0.435 e. The van der Waals surface area contributed by atoms with Crippen molar-refractivity contribution in [2.75, 3.05) is 7.11 Å². The van der Waals surface area contributed by atoms with Crippen molar-refractivity contribution in [3.05, 3.63) is 58.9 Å². The second kappa shape index (κ2) is 7.10. The first-order valence-electron chi connectivity index (χ1n) is 7.54. The minimum Gasteiger partial charge on any atom is -0.380 e. The lowest BCUT2D eigenvalue weighted by Gasteiger charge is -2.33. The van der Waals surface area contributed by atoms with Gasteiger partial charge in [0.15, 0.2) is 0 Å². The monoisotopic (exact) mass is 398 g/mol. The fraction of sp³-hybridized carbons (Fsp3) is 0.333. The molecule has 0 unspecified atom stereocenters. The van der Waals surface area contributed by atoms with Crippen molar-refractivity contribution >= 4 is 0 Å². The lowest BCUT2D eigenvalue weighted by Crippen LogP contribution is -2.50. The molecule has 2 aromatic rings. The molecule has 148 valence electrons. The Balaban J connectivity index is 2.95. The summed E-state index contributed by atoms with van der Waals surface area (Å²) in [7, 11) is 1.19. The van der Waals surface area contributed by atoms with Crippen LogP contribution in [0.3, 0.4) is 0 Å². The molecule has 0 saturated carbocycles. The number of ether oxygens (including phenoxy) is 1. The summed E-state index contributed by atoms with van der Waals surface area (Å²) in [5.74, 6) is -0.751. The van der Waals surface area contributed by atoms with E-state index in [4.69, 9.17) is 4.74 Å². The molecule has 0 aromatic heterocycles. The minimum absolute atomic E-state index is 0.0153. The molecule has 0 heterocycles. The Morgan fingerprint density at radius 2 is 1.37 bits per heavy atom. The molecule has 0 N–H and O–H groups in total. The van der Waals surface area contributed by atoms with Crippen molar-refractivity contribution in [1.29, 1.82) is 0 Å². The topological polar surface area (TPSA) is 9.23 Å². The van der Waals surface area contributed by atoms with Gasteiger partial charge in [-0.05, 0) is 35.7 Å². The Labute approximate surface area is 149 Å². The number of benzene rings is 2. The van der Waals surface area contributed by atoms with Crippen LogP contribution in [0.5, 0.6) is 0 Å². The molecule has 0 saturated heterocycles. The van der Waals surface area contributed by atoms with E-state index in [0.717, 1.165) is 24.3 Å². The summed E-state index contributed by atoms with van der Waals surface area (Å²) in [6.07, 6.45) is -12.5. The number of hydrogen-bond donors (Lipinski definition) is 0. The Hall–Kier alpha value is -2.16. The van der Waals surface area contributed by atoms with Crippen molar-refractivity contribution in [3.8, 4) is 11.1 Å². The Morgan fingerprint density at radius 1 is 0.852 bits per heavy atom. The van der Waals surface area contributed by atoms with E-state index < -0.39 is 35.0 Å². The van der Waals surface area contributed by atoms with Crippen LogP contribution >= 0.6 is 0 Å². The summed E-state index contributed by atoms with van der Waals surface area (Å²) in [6, 6.07) is 5.47. The van der Waals surface area contributed by atoms with E-state index in [2.05, 4.69) is 0 Å². The SMILES string of the molecule is COCc1cc(C)cc(C(F)(C(F)(F)F)C(F)(F)F)c1-c1ccc(F)cc1. The molecule has 0 atom stereocenters. The Kier molecular flexibility index (Phi) is 5.56. The number of hydrogen-bond acceptors (Lipinski definition) is 1. The van der Waals surface area contributed by atoms with Gasteiger partial charge >= 0.3 is 18.0 Å². The van der Waals surface area contributed by atoms with Crippen molar-refractivity contribution < 1.29 is 39.9 Å². The van der Waals surface area contributed by atoms with E-state index >= 15 is 0 Å². The first kappa shape index (κ1) is 21.1. The van der Waals surface area contributed by atoms with Gasteiger partial charge in [-0.25, -0.2) is 8.78 Å². The summed E-state index contributed by atoms with van der Waals surface area (Å²) >= 11 is 0. The van der Waals surface area contributed by atoms with Gasteiger partial charge in [-0.15, -0.1) is 0 Å². The maximum absolute atomic E-state index is 14.8. The molecule has 0 aliphatic carbocycles. The fourth-order valence-corrected chi connectivity index (χ4v) is 2.83. The van der Waals surface area contributed by atoms with Crippen molar-refractivity contribution in [2.45, 2.75) is 31.6 Å². The first-order chi connectivity index (χ1) is 12.3. The van der Waals surface area contributed by atoms with E-state index in [1.54, 1.807) is 0 Å². The summed E-state index contributed by atoms with van der Waals surface area (Å²) in [4.78, 5) is 0. The van der Waals surface area contributed by atoms with Gasteiger partial charge in [0.2, 0.25) is 0 Å². The van der Waals surface area contributed by atoms with Crippen molar-refractivity contribution in [2.24, 2.45) is 0 Å². The summed E-state index contributed by atoms with van der Waals surface area (Å²) in [5, 5.41) is 0. The molecule has 0 aliphatic heterocycles. The van der Waals surface area contributed by atoms with E-state index in [-0.39, 0.29) is 23.3 Å². The highest BCUT2D eigenvalue weighted by molar-refractivity contribution is 5.73. The van der Waals surface area contributed by atoms with Crippen LogP contribution in [0.4, 0.5) is 35.1 Å². The van der Waals surface area contributed by atoms with Crippen molar-refractivity contribution in [3.63, 3.8) is 0 Å². The average molecular weight is 398 g/mol. The lowest BCUT2D eigenvalue weighted by molar-refractivity contribution is -0.348. The lowest BCUT2D eigenvalue weighted by atomic mass is 9.83. The van der Waals surface area contributed by atoms with Crippen LogP contribution in [0, 0.1) is 12.7 Å². The van der Waals surface area contributed by atoms with Gasteiger partial charge in [-0.2, -0.15) is 26.3 Å². The molecular formula is C18H14F8O. The number of aryl methyl sites for hydroxylation is 1. The van der Waals surface area contributed by atoms with Gasteiger partial charge in [0.05, 0.1) is 6.61 Å². The molecule has 0 radical (unpaired) electrons. The Bertz CT molecular complexity index is 792. The maximum Gasteiger partial charge on any atom is 0.435 e. The quantitative estimate of drug-likeness (QED) is 0.555. The maximum atomic E-state index is 14.8. The Morgan fingerprint density at radius 3 is 1.81 bits per heavy atom. The van der Waals surface area contributed by atoms with Gasteiger partial charge in [0.25, 0.3) is 0 Å². The van der Waals surface area contributed by atoms with Gasteiger partial charge in [-0.3, -0.25) is 0 Å². The van der Waals surface area contributed by atoms with E-state index in [9.17, 15) is 35.1 Å². The first-order valence-corrected chi connectivity index (χ1v) is 7.54. The molecule has 1 nitrogen and oxygen atoms in total. The van der Waals surface area contributed by atoms with Crippen LogP contribution in [0.1, 0.15) is 16.7 Å². The zero-order valence-corrected chi connectivity index (χ0v) is 14.1. The number of alkyl halides is 7. The third kappa shape index (κ3) is 3.78. The normalized spacial score (nSPS) is 13.1. The van der Waals surface area contributed by atoms with Gasteiger partial charge < -0.3 is 4.74 Å². The molecule has 0 aliphatic rings. The molecule has 0 spiro atoms. The van der Waals surface area contributed by atoms with Crippen LogP contribution in [0.2, 0.25) is 0 Å². The van der Waals surface area contributed by atoms with Gasteiger partial charge in [-0.1, -0.05) is 29.8 Å². The third-order valence-corrected chi connectivity index (χ3v) is 3.95. The molecule has 0 amide bonds. The molecule has 0 bridgehead atoms. The molecular weight excluding hydrogens is 384 g/mol. The van der Waals surface area contributed by atoms with Crippen LogP contribution in [-0.4, -0.2) is 19.5 Å². The second-order valence-corrected chi connectivity index (χ2v) is 5.94. The summed E-state index contributed by atoms with van der Waals surface area (Å²) in [5.41, 5.74) is -8.17. The van der Waals surface area contributed by atoms with Crippen molar-refractivity contribution in [1.82, 2.24) is 0 Å². The smallest absolute Gasteiger partial charge is 0.380 e. The number of halogens is 8. The fourth-order valence-electron chi connectivity index (χ4n) is 2.83. The predicted molar refractivity (Wildman–Crippen MR) is 82.2 cm³/mol. The highest BCUT2D eigenvalue weighted by Crippen LogP contribution is 2.56. The van der Waals surface area contributed by atoms with E-state index in [1.165, 1.54) is 20.1 Å². The van der Waals surface area contributed by atoms with Crippen LogP contribution in [0.15, 0.2) is 36.4 Å². The van der Waals surface area contributed by atoms with Crippen LogP contribution < -0.4 is 0 Å². The zero-order valence-electron chi connectivity index (χ0n) is 14.1. The van der Waals surface area contributed by atoms with Crippen LogP contribution in [-0.2, 0) is 17.0 Å². The zero-order chi connectivity index (χ0) is 20.6. The third-order valence-electron chi connectivity index (χ3n) is 3.95. The average Bonchev–Trinajstić information content (AvgIpc) is 2.53. The molecule has 2 rings (SSSR count). The minimum atomic E-state index is -6.27. The number of methoxy groups -OCH3 is 1. The van der Waals surface area contributed by atoms with E-state index in [1.807, 2.05) is 0 Å². The summed E-state index contributed by atoms with van der Waals surface area (Å²) in [6.45, 7) is 0.872. The van der Waals surface area contributed by atoms with Crippen LogP contribution in [0.25, 0.3) is 11.1 Å². The number of rotatable bonds is 4.